The van der Waals surface area contributed by atoms with Crippen LogP contribution in [0.4, 0.5) is 5.69 Å². The Morgan fingerprint density at radius 2 is 2.04 bits per heavy atom. The summed E-state index contributed by atoms with van der Waals surface area (Å²) in [6.07, 6.45) is 7.00. The van der Waals surface area contributed by atoms with Crippen LogP contribution in [0, 0.1) is 6.92 Å². The van der Waals surface area contributed by atoms with E-state index >= 15 is 0 Å². The standard InChI is InChI=1S/C16H13ClN4OS.C2H6/c1-11-8-13(9-19-15(11)17)23-21-7-5-12(10-21)20-16(22)14-4-2-3-6-18-14;1-2/h2-10H,1H3,(H,20,22);1-2H3. The Balaban J connectivity index is 0.00000109. The molecule has 0 aliphatic carbocycles. The van der Waals surface area contributed by atoms with Crippen molar-refractivity contribution in [2.75, 3.05) is 5.32 Å². The van der Waals surface area contributed by atoms with Crippen LogP contribution in [0.3, 0.4) is 0 Å². The lowest BCUT2D eigenvalue weighted by Gasteiger charge is -2.04. The van der Waals surface area contributed by atoms with Gasteiger partial charge < -0.3 is 5.32 Å². The molecule has 0 unspecified atom stereocenters. The number of pyridine rings is 2. The first kappa shape index (κ1) is 19.0. The summed E-state index contributed by atoms with van der Waals surface area (Å²) in [5.74, 6) is -0.239. The molecule has 0 spiro atoms. The van der Waals surface area contributed by atoms with Crippen LogP contribution >= 0.6 is 23.5 Å². The molecular formula is C18H19ClN4OS. The second kappa shape index (κ2) is 9.25. The van der Waals surface area contributed by atoms with Crippen molar-refractivity contribution in [1.82, 2.24) is 13.9 Å². The summed E-state index contributed by atoms with van der Waals surface area (Å²) in [5.41, 5.74) is 2.00. The average Bonchev–Trinajstić information content (AvgIpc) is 3.07. The third-order valence-electron chi connectivity index (χ3n) is 3.02. The van der Waals surface area contributed by atoms with Gasteiger partial charge in [-0.3, -0.25) is 13.8 Å². The summed E-state index contributed by atoms with van der Waals surface area (Å²) >= 11 is 7.41. The third-order valence-corrected chi connectivity index (χ3v) is 4.29. The lowest BCUT2D eigenvalue weighted by atomic mass is 10.3. The van der Waals surface area contributed by atoms with E-state index < -0.39 is 0 Å². The van der Waals surface area contributed by atoms with Gasteiger partial charge in [-0.2, -0.15) is 0 Å². The predicted octanol–water partition coefficient (Wildman–Crippen LogP) is 5.07. The van der Waals surface area contributed by atoms with E-state index in [4.69, 9.17) is 11.6 Å². The van der Waals surface area contributed by atoms with Crippen molar-refractivity contribution in [3.8, 4) is 0 Å². The van der Waals surface area contributed by atoms with Crippen LogP contribution in [-0.2, 0) is 0 Å². The minimum atomic E-state index is -0.239. The number of carbonyl (C=O) groups is 1. The van der Waals surface area contributed by atoms with Gasteiger partial charge in [-0.05, 0) is 48.7 Å². The molecule has 3 heterocycles. The van der Waals surface area contributed by atoms with E-state index in [1.165, 1.54) is 11.9 Å². The molecule has 1 N–H and O–H groups in total. The Morgan fingerprint density at radius 1 is 1.24 bits per heavy atom. The second-order valence-electron chi connectivity index (χ2n) is 4.80. The van der Waals surface area contributed by atoms with Gasteiger partial charge in [-0.1, -0.05) is 31.5 Å². The van der Waals surface area contributed by atoms with Gasteiger partial charge in [0.2, 0.25) is 0 Å². The Kier molecular flexibility index (Phi) is 7.03. The molecule has 5 nitrogen and oxygen atoms in total. The highest BCUT2D eigenvalue weighted by Gasteiger charge is 2.08. The van der Waals surface area contributed by atoms with E-state index in [9.17, 15) is 4.79 Å². The molecule has 7 heteroatoms. The van der Waals surface area contributed by atoms with E-state index in [2.05, 4.69) is 15.3 Å². The Labute approximate surface area is 156 Å². The molecular weight excluding hydrogens is 356 g/mol. The quantitative estimate of drug-likeness (QED) is 0.647. The van der Waals surface area contributed by atoms with Crippen molar-refractivity contribution in [3.05, 3.63) is 71.5 Å². The molecule has 0 atom stereocenters. The van der Waals surface area contributed by atoms with E-state index in [0.29, 0.717) is 16.5 Å². The summed E-state index contributed by atoms with van der Waals surface area (Å²) < 4.78 is 1.89. The Morgan fingerprint density at radius 3 is 2.72 bits per heavy atom. The SMILES string of the molecule is CC.Cc1cc(Sn2ccc(NC(=O)c3ccccn3)c2)cnc1Cl. The molecule has 0 aliphatic rings. The van der Waals surface area contributed by atoms with Gasteiger partial charge in [0.1, 0.15) is 10.8 Å². The zero-order valence-electron chi connectivity index (χ0n) is 14.2. The zero-order valence-corrected chi connectivity index (χ0v) is 15.8. The first-order valence-corrected chi connectivity index (χ1v) is 8.98. The molecule has 0 radical (unpaired) electrons. The molecule has 3 rings (SSSR count). The fraction of sp³-hybridized carbons (Fsp3) is 0.167. The number of carbonyl (C=O) groups excluding carboxylic acids is 1. The molecule has 0 aliphatic heterocycles. The number of nitrogens with one attached hydrogen (secondary N) is 1. The van der Waals surface area contributed by atoms with Gasteiger partial charge >= 0.3 is 0 Å². The molecule has 0 aromatic carbocycles. The maximum atomic E-state index is 12.0. The van der Waals surface area contributed by atoms with Gasteiger partial charge in [0.05, 0.1) is 5.69 Å². The van der Waals surface area contributed by atoms with Crippen molar-refractivity contribution in [3.63, 3.8) is 0 Å². The van der Waals surface area contributed by atoms with Crippen LogP contribution in [0.1, 0.15) is 29.9 Å². The van der Waals surface area contributed by atoms with Crippen LogP contribution in [0.2, 0.25) is 5.15 Å². The van der Waals surface area contributed by atoms with Crippen LogP contribution in [0.15, 0.2) is 60.0 Å². The fourth-order valence-electron chi connectivity index (χ4n) is 1.90. The van der Waals surface area contributed by atoms with Crippen LogP contribution in [-0.4, -0.2) is 19.8 Å². The molecule has 3 aromatic rings. The summed E-state index contributed by atoms with van der Waals surface area (Å²) in [4.78, 5) is 21.2. The van der Waals surface area contributed by atoms with Crippen LogP contribution < -0.4 is 5.32 Å². The number of anilines is 1. The van der Waals surface area contributed by atoms with Crippen molar-refractivity contribution in [2.24, 2.45) is 0 Å². The van der Waals surface area contributed by atoms with Gasteiger partial charge in [0.15, 0.2) is 0 Å². The maximum Gasteiger partial charge on any atom is 0.274 e. The monoisotopic (exact) mass is 374 g/mol. The first-order chi connectivity index (χ1) is 12.1. The molecule has 3 aromatic heterocycles. The smallest absolute Gasteiger partial charge is 0.274 e. The predicted molar refractivity (Wildman–Crippen MR) is 103 cm³/mol. The number of nitrogens with zero attached hydrogens (tertiary/aromatic N) is 3. The number of hydrogen-bond donors (Lipinski definition) is 1. The number of hydrogen-bond acceptors (Lipinski definition) is 4. The number of aryl methyl sites for hydroxylation is 1. The minimum Gasteiger partial charge on any atom is -0.319 e. The Bertz CT molecular complexity index is 836. The summed E-state index contributed by atoms with van der Waals surface area (Å²) in [6.45, 7) is 5.91. The lowest BCUT2D eigenvalue weighted by molar-refractivity contribution is 0.102. The van der Waals surface area contributed by atoms with Crippen molar-refractivity contribution in [2.45, 2.75) is 25.7 Å². The zero-order chi connectivity index (χ0) is 18.2. The topological polar surface area (TPSA) is 59.8 Å². The largest absolute Gasteiger partial charge is 0.319 e. The van der Waals surface area contributed by atoms with Crippen molar-refractivity contribution < 1.29 is 4.79 Å². The second-order valence-corrected chi connectivity index (χ2v) is 6.23. The normalized spacial score (nSPS) is 9.92. The fourth-order valence-corrected chi connectivity index (χ4v) is 2.87. The molecule has 25 heavy (non-hydrogen) atoms. The summed E-state index contributed by atoms with van der Waals surface area (Å²) in [7, 11) is 0. The summed E-state index contributed by atoms with van der Waals surface area (Å²) in [6, 6.07) is 9.00. The van der Waals surface area contributed by atoms with Gasteiger partial charge in [0.25, 0.3) is 5.91 Å². The van der Waals surface area contributed by atoms with Gasteiger partial charge in [0, 0.05) is 29.7 Å². The van der Waals surface area contributed by atoms with E-state index in [1.807, 2.05) is 49.3 Å². The van der Waals surface area contributed by atoms with Crippen LogP contribution in [0.5, 0.6) is 0 Å². The molecule has 0 saturated carbocycles. The number of amides is 1. The molecule has 0 saturated heterocycles. The van der Waals surface area contributed by atoms with Crippen molar-refractivity contribution >= 4 is 35.1 Å². The van der Waals surface area contributed by atoms with E-state index in [1.54, 1.807) is 30.6 Å². The highest BCUT2D eigenvalue weighted by Crippen LogP contribution is 2.25. The highest BCUT2D eigenvalue weighted by atomic mass is 35.5. The average molecular weight is 375 g/mol. The molecule has 1 amide bonds. The third kappa shape index (κ3) is 5.34. The maximum absolute atomic E-state index is 12.0. The summed E-state index contributed by atoms with van der Waals surface area (Å²) in [5, 5.41) is 3.32. The molecule has 0 fully saturated rings. The van der Waals surface area contributed by atoms with E-state index in [0.717, 1.165) is 10.5 Å². The molecule has 0 bridgehead atoms. The minimum absolute atomic E-state index is 0.239. The van der Waals surface area contributed by atoms with Gasteiger partial charge in [-0.25, -0.2) is 4.98 Å². The Hall–Kier alpha value is -2.31. The number of aromatic nitrogens is 3. The highest BCUT2D eigenvalue weighted by molar-refractivity contribution is 7.97. The lowest BCUT2D eigenvalue weighted by Crippen LogP contribution is -2.12. The first-order valence-electron chi connectivity index (χ1n) is 7.83. The molecule has 130 valence electrons. The van der Waals surface area contributed by atoms with Crippen molar-refractivity contribution in [1.29, 1.82) is 0 Å². The number of halogens is 1. The number of rotatable bonds is 4. The van der Waals surface area contributed by atoms with Crippen LogP contribution in [0.25, 0.3) is 0 Å². The van der Waals surface area contributed by atoms with E-state index in [-0.39, 0.29) is 5.91 Å². The van der Waals surface area contributed by atoms with Gasteiger partial charge in [-0.15, -0.1) is 0 Å².